The topological polar surface area (TPSA) is 87.3 Å². The predicted molar refractivity (Wildman–Crippen MR) is 118 cm³/mol. The Morgan fingerprint density at radius 1 is 0.806 bits per heavy atom. The first kappa shape index (κ1) is 21.7. The number of nitrogens with one attached hydrogen (secondary N) is 3. The predicted octanol–water partition coefficient (Wildman–Crippen LogP) is 4.39. The van der Waals surface area contributed by atoms with Gasteiger partial charge in [0.2, 0.25) is 0 Å². The van der Waals surface area contributed by atoms with Gasteiger partial charge >= 0.3 is 0 Å². The minimum absolute atomic E-state index is 0.0843. The third-order valence-electron chi connectivity index (χ3n) is 4.59. The summed E-state index contributed by atoms with van der Waals surface area (Å²) in [5.74, 6) is -1.87. The van der Waals surface area contributed by atoms with Gasteiger partial charge in [0.05, 0.1) is 5.56 Å². The van der Waals surface area contributed by atoms with E-state index >= 15 is 0 Å². The zero-order valence-electron chi connectivity index (χ0n) is 17.2. The molecule has 0 aliphatic rings. The molecule has 0 radical (unpaired) electrons. The van der Waals surface area contributed by atoms with E-state index in [1.807, 2.05) is 6.92 Å². The van der Waals surface area contributed by atoms with Crippen LogP contribution in [0.15, 0.2) is 66.7 Å². The van der Waals surface area contributed by atoms with Crippen LogP contribution in [-0.4, -0.2) is 24.3 Å². The smallest absolute Gasteiger partial charge is 0.258 e. The molecular formula is C24H22FN3O3. The molecule has 0 atom stereocenters. The number of hydrogen-bond acceptors (Lipinski definition) is 3. The summed E-state index contributed by atoms with van der Waals surface area (Å²) in [4.78, 5) is 37.1. The minimum Gasteiger partial charge on any atom is -0.352 e. The third-order valence-corrected chi connectivity index (χ3v) is 4.59. The van der Waals surface area contributed by atoms with Gasteiger partial charge in [-0.1, -0.05) is 24.3 Å². The second-order valence-corrected chi connectivity index (χ2v) is 6.86. The van der Waals surface area contributed by atoms with Crippen molar-refractivity contribution >= 4 is 29.1 Å². The summed E-state index contributed by atoms with van der Waals surface area (Å²) in [6, 6.07) is 17.1. The van der Waals surface area contributed by atoms with Gasteiger partial charge in [-0.25, -0.2) is 4.39 Å². The molecule has 6 nitrogen and oxygen atoms in total. The van der Waals surface area contributed by atoms with Crippen LogP contribution in [0.4, 0.5) is 15.8 Å². The number of carbonyl (C=O) groups excluding carboxylic acids is 3. The lowest BCUT2D eigenvalue weighted by Gasteiger charge is -2.12. The molecule has 0 aliphatic heterocycles. The molecule has 0 unspecified atom stereocenters. The van der Waals surface area contributed by atoms with Crippen molar-refractivity contribution in [2.24, 2.45) is 0 Å². The van der Waals surface area contributed by atoms with Crippen molar-refractivity contribution in [2.75, 3.05) is 17.2 Å². The normalized spacial score (nSPS) is 10.3. The fourth-order valence-corrected chi connectivity index (χ4v) is 2.94. The monoisotopic (exact) mass is 419 g/mol. The summed E-state index contributed by atoms with van der Waals surface area (Å²) < 4.78 is 13.9. The molecule has 0 fully saturated rings. The molecule has 0 aliphatic carbocycles. The molecule has 0 saturated heterocycles. The van der Waals surface area contributed by atoms with Crippen molar-refractivity contribution in [1.82, 2.24) is 5.32 Å². The van der Waals surface area contributed by atoms with Gasteiger partial charge in [0.25, 0.3) is 17.7 Å². The Balaban J connectivity index is 1.77. The number of rotatable bonds is 6. The maximum Gasteiger partial charge on any atom is 0.258 e. The maximum absolute atomic E-state index is 13.9. The van der Waals surface area contributed by atoms with Gasteiger partial charge in [0.1, 0.15) is 5.82 Å². The minimum atomic E-state index is -0.626. The van der Waals surface area contributed by atoms with Gasteiger partial charge < -0.3 is 16.0 Å². The molecule has 0 bridgehead atoms. The number of benzene rings is 3. The van der Waals surface area contributed by atoms with Crippen molar-refractivity contribution in [3.8, 4) is 0 Å². The van der Waals surface area contributed by atoms with E-state index in [1.54, 1.807) is 49.4 Å². The van der Waals surface area contributed by atoms with Gasteiger partial charge in [0, 0.05) is 29.0 Å². The molecule has 31 heavy (non-hydrogen) atoms. The number of aryl methyl sites for hydroxylation is 1. The summed E-state index contributed by atoms with van der Waals surface area (Å²) in [7, 11) is 0. The summed E-state index contributed by atoms with van der Waals surface area (Å²) in [6.45, 7) is 4.10. The van der Waals surface area contributed by atoms with Gasteiger partial charge in [-0.3, -0.25) is 14.4 Å². The highest BCUT2D eigenvalue weighted by molar-refractivity contribution is 6.08. The van der Waals surface area contributed by atoms with E-state index in [4.69, 9.17) is 0 Å². The van der Waals surface area contributed by atoms with Crippen LogP contribution in [0.25, 0.3) is 0 Å². The first-order valence-electron chi connectivity index (χ1n) is 9.75. The van der Waals surface area contributed by atoms with Crippen LogP contribution >= 0.6 is 0 Å². The average Bonchev–Trinajstić information content (AvgIpc) is 2.75. The van der Waals surface area contributed by atoms with Gasteiger partial charge in [-0.15, -0.1) is 0 Å². The van der Waals surface area contributed by atoms with E-state index in [0.717, 1.165) is 5.56 Å². The van der Waals surface area contributed by atoms with E-state index in [1.165, 1.54) is 24.3 Å². The highest BCUT2D eigenvalue weighted by atomic mass is 19.1. The Hall–Kier alpha value is -4.00. The molecule has 0 spiro atoms. The van der Waals surface area contributed by atoms with Crippen LogP contribution in [0, 0.1) is 12.7 Å². The maximum atomic E-state index is 13.9. The zero-order chi connectivity index (χ0) is 22.4. The molecule has 3 aromatic rings. The van der Waals surface area contributed by atoms with E-state index in [2.05, 4.69) is 16.0 Å². The molecule has 3 aromatic carbocycles. The number of anilines is 2. The second-order valence-electron chi connectivity index (χ2n) is 6.86. The standard InChI is InChI=1S/C24H22FN3O3/c1-3-26-22(29)16-7-6-8-18(13-16)27-23(30)17-12-11-15(2)21(14-17)28-24(31)19-9-4-5-10-20(19)25/h4-14H,3H2,1-2H3,(H,26,29)(H,27,30)(H,28,31). The van der Waals surface area contributed by atoms with Gasteiger partial charge in [0.15, 0.2) is 0 Å². The molecular weight excluding hydrogens is 397 g/mol. The summed E-state index contributed by atoms with van der Waals surface area (Å²) in [5.41, 5.74) is 2.24. The van der Waals surface area contributed by atoms with Gasteiger partial charge in [-0.05, 0) is 61.9 Å². The van der Waals surface area contributed by atoms with Crippen LogP contribution in [-0.2, 0) is 0 Å². The third kappa shape index (κ3) is 5.33. The number of hydrogen-bond donors (Lipinski definition) is 3. The summed E-state index contributed by atoms with van der Waals surface area (Å²) >= 11 is 0. The van der Waals surface area contributed by atoms with Crippen molar-refractivity contribution in [2.45, 2.75) is 13.8 Å². The molecule has 158 valence electrons. The highest BCUT2D eigenvalue weighted by Gasteiger charge is 2.15. The molecule has 3 rings (SSSR count). The van der Waals surface area contributed by atoms with E-state index < -0.39 is 17.6 Å². The quantitative estimate of drug-likeness (QED) is 0.554. The first-order valence-corrected chi connectivity index (χ1v) is 9.75. The van der Waals surface area contributed by atoms with Crippen molar-refractivity contribution < 1.29 is 18.8 Å². The Morgan fingerprint density at radius 3 is 2.29 bits per heavy atom. The number of halogens is 1. The second kappa shape index (κ2) is 9.67. The van der Waals surface area contributed by atoms with E-state index in [0.29, 0.717) is 29.0 Å². The SMILES string of the molecule is CCNC(=O)c1cccc(NC(=O)c2ccc(C)c(NC(=O)c3ccccc3F)c2)c1. The van der Waals surface area contributed by atoms with Crippen LogP contribution in [0.2, 0.25) is 0 Å². The lowest BCUT2D eigenvalue weighted by molar-refractivity contribution is 0.0953. The van der Waals surface area contributed by atoms with E-state index in [9.17, 15) is 18.8 Å². The van der Waals surface area contributed by atoms with Crippen molar-refractivity contribution in [3.05, 3.63) is 94.8 Å². The molecule has 3 amide bonds. The Labute approximate surface area is 179 Å². The summed E-state index contributed by atoms with van der Waals surface area (Å²) in [6.07, 6.45) is 0. The first-order chi connectivity index (χ1) is 14.9. The Kier molecular flexibility index (Phi) is 6.77. The summed E-state index contributed by atoms with van der Waals surface area (Å²) in [5, 5.41) is 8.10. The highest BCUT2D eigenvalue weighted by Crippen LogP contribution is 2.20. The lowest BCUT2D eigenvalue weighted by atomic mass is 10.1. The fraction of sp³-hybridized carbons (Fsp3) is 0.125. The van der Waals surface area contributed by atoms with Crippen LogP contribution < -0.4 is 16.0 Å². The van der Waals surface area contributed by atoms with Crippen molar-refractivity contribution in [3.63, 3.8) is 0 Å². The van der Waals surface area contributed by atoms with Crippen LogP contribution in [0.1, 0.15) is 43.6 Å². The Morgan fingerprint density at radius 2 is 1.55 bits per heavy atom. The van der Waals surface area contributed by atoms with Crippen LogP contribution in [0.5, 0.6) is 0 Å². The molecule has 3 N–H and O–H groups in total. The van der Waals surface area contributed by atoms with Crippen LogP contribution in [0.3, 0.4) is 0 Å². The number of amides is 3. The number of carbonyl (C=O) groups is 3. The largest absolute Gasteiger partial charge is 0.352 e. The zero-order valence-corrected chi connectivity index (χ0v) is 17.2. The molecule has 7 heteroatoms. The lowest BCUT2D eigenvalue weighted by Crippen LogP contribution is -2.22. The van der Waals surface area contributed by atoms with Crippen molar-refractivity contribution in [1.29, 1.82) is 0 Å². The fourth-order valence-electron chi connectivity index (χ4n) is 2.94. The van der Waals surface area contributed by atoms with E-state index in [-0.39, 0.29) is 11.5 Å². The molecule has 0 heterocycles. The molecule has 0 saturated carbocycles. The van der Waals surface area contributed by atoms with Gasteiger partial charge in [-0.2, -0.15) is 0 Å². The molecule has 0 aromatic heterocycles. The Bertz CT molecular complexity index is 1140. The average molecular weight is 419 g/mol.